The van der Waals surface area contributed by atoms with Crippen LogP contribution < -0.4 is 0 Å². The highest BCUT2D eigenvalue weighted by atomic mass is 14.1. The molecule has 0 saturated carbocycles. The van der Waals surface area contributed by atoms with Crippen molar-refractivity contribution in [3.8, 4) is 33.4 Å². The van der Waals surface area contributed by atoms with Gasteiger partial charge in [-0.25, -0.2) is 0 Å². The number of benzene rings is 4. The SMILES string of the molecule is Cc1cccc(-c2ccc(-c3ccc(-c4cccc(C)c4C)cc3)cc2)c1C. The Kier molecular flexibility index (Phi) is 4.88. The molecule has 4 rings (SSSR count). The molecule has 0 saturated heterocycles. The second-order valence-electron chi connectivity index (χ2n) is 7.65. The van der Waals surface area contributed by atoms with Gasteiger partial charge < -0.3 is 0 Å². The van der Waals surface area contributed by atoms with E-state index in [0.29, 0.717) is 0 Å². The predicted octanol–water partition coefficient (Wildman–Crippen LogP) is 7.92. The van der Waals surface area contributed by atoms with Gasteiger partial charge in [-0.1, -0.05) is 84.9 Å². The van der Waals surface area contributed by atoms with Gasteiger partial charge in [0.05, 0.1) is 0 Å². The summed E-state index contributed by atoms with van der Waals surface area (Å²) in [5, 5.41) is 0. The van der Waals surface area contributed by atoms with Gasteiger partial charge in [0.1, 0.15) is 0 Å². The molecule has 0 unspecified atom stereocenters. The van der Waals surface area contributed by atoms with Crippen molar-refractivity contribution >= 4 is 0 Å². The zero-order valence-electron chi connectivity index (χ0n) is 17.1. The van der Waals surface area contributed by atoms with Gasteiger partial charge in [0.25, 0.3) is 0 Å². The summed E-state index contributed by atoms with van der Waals surface area (Å²) in [5.41, 5.74) is 13.1. The van der Waals surface area contributed by atoms with Gasteiger partial charge >= 0.3 is 0 Å². The Hall–Kier alpha value is -3.12. The molecule has 4 aromatic carbocycles. The van der Waals surface area contributed by atoms with Crippen LogP contribution in [0.25, 0.3) is 33.4 Å². The van der Waals surface area contributed by atoms with Crippen LogP contribution in [0.3, 0.4) is 0 Å². The lowest BCUT2D eigenvalue weighted by atomic mass is 9.93. The number of rotatable bonds is 3. The van der Waals surface area contributed by atoms with Crippen molar-refractivity contribution in [2.75, 3.05) is 0 Å². The van der Waals surface area contributed by atoms with Gasteiger partial charge in [0, 0.05) is 0 Å². The molecule has 0 heterocycles. The zero-order chi connectivity index (χ0) is 19.7. The standard InChI is InChI=1S/C28H26/c1-19-7-5-9-27(21(19)3)25-15-11-23(12-16-25)24-13-17-26(18-14-24)28-10-6-8-20(2)22(28)4/h5-18H,1-4H3. The van der Waals surface area contributed by atoms with Crippen LogP contribution in [0.4, 0.5) is 0 Å². The molecule has 138 valence electrons. The molecule has 0 radical (unpaired) electrons. The summed E-state index contributed by atoms with van der Waals surface area (Å²) in [6, 6.07) is 30.9. The maximum absolute atomic E-state index is 2.23. The maximum atomic E-state index is 2.23. The van der Waals surface area contributed by atoms with Crippen molar-refractivity contribution in [2.24, 2.45) is 0 Å². The molecule has 0 nitrogen and oxygen atoms in total. The summed E-state index contributed by atoms with van der Waals surface area (Å²) in [5.74, 6) is 0. The van der Waals surface area contributed by atoms with Gasteiger partial charge in [0.2, 0.25) is 0 Å². The largest absolute Gasteiger partial charge is 0.0614 e. The highest BCUT2D eigenvalue weighted by molar-refractivity contribution is 5.75. The predicted molar refractivity (Wildman–Crippen MR) is 122 cm³/mol. The summed E-state index contributed by atoms with van der Waals surface area (Å²) in [6.07, 6.45) is 0. The van der Waals surface area contributed by atoms with Crippen LogP contribution in [0, 0.1) is 27.7 Å². The van der Waals surface area contributed by atoms with Gasteiger partial charge in [-0.2, -0.15) is 0 Å². The normalized spacial score (nSPS) is 10.9. The molecule has 0 bridgehead atoms. The van der Waals surface area contributed by atoms with Crippen molar-refractivity contribution in [3.05, 3.63) is 107 Å². The van der Waals surface area contributed by atoms with Crippen LogP contribution in [0.2, 0.25) is 0 Å². The van der Waals surface area contributed by atoms with Crippen molar-refractivity contribution in [3.63, 3.8) is 0 Å². The van der Waals surface area contributed by atoms with Gasteiger partial charge in [-0.05, 0) is 83.3 Å². The van der Waals surface area contributed by atoms with E-state index < -0.39 is 0 Å². The van der Waals surface area contributed by atoms with Crippen LogP contribution in [0.15, 0.2) is 84.9 Å². The first-order valence-corrected chi connectivity index (χ1v) is 9.88. The molecule has 0 spiro atoms. The lowest BCUT2D eigenvalue weighted by Gasteiger charge is -2.11. The van der Waals surface area contributed by atoms with E-state index in [2.05, 4.69) is 113 Å². The first-order valence-electron chi connectivity index (χ1n) is 9.88. The third-order valence-electron chi connectivity index (χ3n) is 5.93. The van der Waals surface area contributed by atoms with Crippen LogP contribution in [-0.4, -0.2) is 0 Å². The van der Waals surface area contributed by atoms with E-state index in [-0.39, 0.29) is 0 Å². The summed E-state index contributed by atoms with van der Waals surface area (Å²) in [6.45, 7) is 8.74. The third kappa shape index (κ3) is 3.39. The number of hydrogen-bond donors (Lipinski definition) is 0. The Morgan fingerprint density at radius 1 is 0.357 bits per heavy atom. The third-order valence-corrected chi connectivity index (χ3v) is 5.93. The smallest absolute Gasteiger partial charge is 0.0152 e. The van der Waals surface area contributed by atoms with Crippen LogP contribution in [0.1, 0.15) is 22.3 Å². The first kappa shape index (κ1) is 18.3. The minimum absolute atomic E-state index is 1.25. The van der Waals surface area contributed by atoms with E-state index in [0.717, 1.165) is 0 Å². The molecular weight excluding hydrogens is 336 g/mol. The van der Waals surface area contributed by atoms with Crippen molar-refractivity contribution in [1.29, 1.82) is 0 Å². The molecule has 0 aliphatic heterocycles. The van der Waals surface area contributed by atoms with E-state index in [4.69, 9.17) is 0 Å². The lowest BCUT2D eigenvalue weighted by Crippen LogP contribution is -1.88. The number of aryl methyl sites for hydroxylation is 2. The second kappa shape index (κ2) is 7.48. The van der Waals surface area contributed by atoms with Crippen LogP contribution in [0.5, 0.6) is 0 Å². The summed E-state index contributed by atoms with van der Waals surface area (Å²) >= 11 is 0. The van der Waals surface area contributed by atoms with Crippen molar-refractivity contribution in [2.45, 2.75) is 27.7 Å². The molecule has 0 heteroatoms. The molecule has 0 atom stereocenters. The fourth-order valence-corrected chi connectivity index (χ4v) is 3.81. The van der Waals surface area contributed by atoms with E-state index >= 15 is 0 Å². The molecule has 0 aliphatic rings. The molecule has 4 aromatic rings. The lowest BCUT2D eigenvalue weighted by molar-refractivity contribution is 1.34. The average Bonchev–Trinajstić information content (AvgIpc) is 2.72. The molecule has 0 aromatic heterocycles. The average molecular weight is 363 g/mol. The Morgan fingerprint density at radius 3 is 1.04 bits per heavy atom. The Morgan fingerprint density at radius 2 is 0.679 bits per heavy atom. The fraction of sp³-hybridized carbons (Fsp3) is 0.143. The molecule has 0 aliphatic carbocycles. The van der Waals surface area contributed by atoms with E-state index in [9.17, 15) is 0 Å². The zero-order valence-corrected chi connectivity index (χ0v) is 17.1. The second-order valence-corrected chi connectivity index (χ2v) is 7.65. The van der Waals surface area contributed by atoms with E-state index in [1.807, 2.05) is 0 Å². The summed E-state index contributed by atoms with van der Waals surface area (Å²) in [7, 11) is 0. The van der Waals surface area contributed by atoms with E-state index in [1.54, 1.807) is 0 Å². The van der Waals surface area contributed by atoms with Crippen molar-refractivity contribution in [1.82, 2.24) is 0 Å². The first-order chi connectivity index (χ1) is 13.5. The monoisotopic (exact) mass is 362 g/mol. The summed E-state index contributed by atoms with van der Waals surface area (Å²) in [4.78, 5) is 0. The topological polar surface area (TPSA) is 0 Å². The van der Waals surface area contributed by atoms with Crippen LogP contribution in [-0.2, 0) is 0 Å². The quantitative estimate of drug-likeness (QED) is 0.347. The molecule has 28 heavy (non-hydrogen) atoms. The Balaban J connectivity index is 1.63. The summed E-state index contributed by atoms with van der Waals surface area (Å²) < 4.78 is 0. The molecule has 0 fully saturated rings. The highest BCUT2D eigenvalue weighted by Gasteiger charge is 2.06. The maximum Gasteiger partial charge on any atom is -0.0152 e. The Bertz CT molecular complexity index is 1020. The van der Waals surface area contributed by atoms with E-state index in [1.165, 1.54) is 55.6 Å². The molecule has 0 amide bonds. The van der Waals surface area contributed by atoms with Gasteiger partial charge in [-0.15, -0.1) is 0 Å². The Labute approximate surface area is 168 Å². The van der Waals surface area contributed by atoms with Gasteiger partial charge in [-0.3, -0.25) is 0 Å². The van der Waals surface area contributed by atoms with Gasteiger partial charge in [0.15, 0.2) is 0 Å². The fourth-order valence-electron chi connectivity index (χ4n) is 3.81. The minimum Gasteiger partial charge on any atom is -0.0614 e. The number of hydrogen-bond acceptors (Lipinski definition) is 0. The van der Waals surface area contributed by atoms with Crippen LogP contribution >= 0.6 is 0 Å². The highest BCUT2D eigenvalue weighted by Crippen LogP contribution is 2.30. The molecular formula is C28H26. The van der Waals surface area contributed by atoms with Crippen molar-refractivity contribution < 1.29 is 0 Å². The molecule has 0 N–H and O–H groups in total. The minimum atomic E-state index is 1.25.